The molecule has 1 rings (SSSR count). The van der Waals surface area contributed by atoms with Crippen LogP contribution < -0.4 is 10.5 Å². The van der Waals surface area contributed by atoms with E-state index < -0.39 is 24.9 Å². The maximum Gasteiger partial charge on any atom is 0.247 e. The second-order valence-corrected chi connectivity index (χ2v) is 8.40. The molecule has 3 N–H and O–H groups in total. The number of anilines is 1. The molecule has 0 radical (unpaired) electrons. The van der Waals surface area contributed by atoms with Gasteiger partial charge in [0.1, 0.15) is 0 Å². The summed E-state index contributed by atoms with van der Waals surface area (Å²) in [7, 11) is -7.52. The Labute approximate surface area is 107 Å². The highest BCUT2D eigenvalue weighted by Gasteiger charge is 2.18. The van der Waals surface area contributed by atoms with E-state index in [2.05, 4.69) is 4.72 Å². The lowest BCUT2D eigenvalue weighted by atomic mass is 10.1. The summed E-state index contributed by atoms with van der Waals surface area (Å²) in [5.74, 6) is 0. The zero-order valence-electron chi connectivity index (χ0n) is 10.1. The van der Waals surface area contributed by atoms with Crippen molar-refractivity contribution >= 4 is 25.5 Å². The first-order chi connectivity index (χ1) is 8.09. The van der Waals surface area contributed by atoms with Gasteiger partial charge < -0.3 is 5.73 Å². The van der Waals surface area contributed by atoms with E-state index in [4.69, 9.17) is 5.73 Å². The van der Waals surface area contributed by atoms with E-state index in [1.807, 2.05) is 0 Å². The number of rotatable bonds is 5. The third kappa shape index (κ3) is 5.03. The lowest BCUT2D eigenvalue weighted by Crippen LogP contribution is -2.22. The Bertz CT molecular complexity index is 621. The average Bonchev–Trinajstić information content (AvgIpc) is 2.12. The second kappa shape index (κ2) is 5.25. The second-order valence-electron chi connectivity index (χ2n) is 4.17. The van der Waals surface area contributed by atoms with E-state index in [0.29, 0.717) is 5.69 Å². The summed E-state index contributed by atoms with van der Waals surface area (Å²) in [6.07, 6.45) is 0.866. The van der Waals surface area contributed by atoms with Gasteiger partial charge in [-0.05, 0) is 24.6 Å². The SMILES string of the molecule is CC(N)c1cccc(NS(=O)(=O)CS(C)(=O)=O)c1. The van der Waals surface area contributed by atoms with Crippen molar-refractivity contribution in [2.24, 2.45) is 5.73 Å². The number of hydrogen-bond acceptors (Lipinski definition) is 5. The third-order valence-corrected chi connectivity index (χ3v) is 5.56. The van der Waals surface area contributed by atoms with Gasteiger partial charge in [0.2, 0.25) is 10.0 Å². The molecule has 18 heavy (non-hydrogen) atoms. The molecule has 1 unspecified atom stereocenters. The van der Waals surface area contributed by atoms with Gasteiger partial charge >= 0.3 is 0 Å². The summed E-state index contributed by atoms with van der Waals surface area (Å²) in [6.45, 7) is 1.77. The van der Waals surface area contributed by atoms with Gasteiger partial charge in [0.05, 0.1) is 0 Å². The van der Waals surface area contributed by atoms with Gasteiger partial charge in [-0.25, -0.2) is 16.8 Å². The third-order valence-electron chi connectivity index (χ3n) is 2.05. The van der Waals surface area contributed by atoms with Crippen LogP contribution in [0.1, 0.15) is 18.5 Å². The normalized spacial score (nSPS) is 14.2. The van der Waals surface area contributed by atoms with Crippen LogP contribution in [0.25, 0.3) is 0 Å². The zero-order chi connectivity index (χ0) is 14.0. The van der Waals surface area contributed by atoms with Crippen LogP contribution in [0.4, 0.5) is 5.69 Å². The predicted molar refractivity (Wildman–Crippen MR) is 71.3 cm³/mol. The first-order valence-electron chi connectivity index (χ1n) is 5.13. The van der Waals surface area contributed by atoms with Crippen molar-refractivity contribution in [2.75, 3.05) is 16.1 Å². The van der Waals surface area contributed by atoms with Crippen LogP contribution in [-0.4, -0.2) is 28.2 Å². The van der Waals surface area contributed by atoms with E-state index in [-0.39, 0.29) is 6.04 Å². The summed E-state index contributed by atoms with van der Waals surface area (Å²) >= 11 is 0. The van der Waals surface area contributed by atoms with Crippen molar-refractivity contribution in [3.63, 3.8) is 0 Å². The molecule has 0 spiro atoms. The smallest absolute Gasteiger partial charge is 0.247 e. The van der Waals surface area contributed by atoms with Gasteiger partial charge in [-0.3, -0.25) is 4.72 Å². The maximum absolute atomic E-state index is 11.6. The van der Waals surface area contributed by atoms with Crippen LogP contribution in [0.2, 0.25) is 0 Å². The molecule has 0 saturated heterocycles. The number of hydrogen-bond donors (Lipinski definition) is 2. The molecule has 0 aliphatic rings. The minimum absolute atomic E-state index is 0.232. The number of benzene rings is 1. The van der Waals surface area contributed by atoms with E-state index in [0.717, 1.165) is 11.8 Å². The summed E-state index contributed by atoms with van der Waals surface area (Å²) in [6, 6.07) is 6.29. The van der Waals surface area contributed by atoms with Crippen molar-refractivity contribution in [1.82, 2.24) is 0 Å². The molecule has 0 fully saturated rings. The van der Waals surface area contributed by atoms with E-state index >= 15 is 0 Å². The summed E-state index contributed by atoms with van der Waals surface area (Å²) < 4.78 is 47.3. The van der Waals surface area contributed by atoms with Gasteiger partial charge in [0, 0.05) is 18.0 Å². The molecule has 0 aliphatic carbocycles. The van der Waals surface area contributed by atoms with Crippen LogP contribution in [0.3, 0.4) is 0 Å². The Hall–Kier alpha value is -1.12. The molecule has 0 aromatic heterocycles. The Balaban J connectivity index is 2.95. The highest BCUT2D eigenvalue weighted by Crippen LogP contribution is 2.17. The molecular formula is C10H16N2O4S2. The largest absolute Gasteiger partial charge is 0.324 e. The minimum atomic E-state index is -3.91. The Kier molecular flexibility index (Phi) is 4.36. The van der Waals surface area contributed by atoms with E-state index in [9.17, 15) is 16.8 Å². The van der Waals surface area contributed by atoms with Crippen LogP contribution in [0.5, 0.6) is 0 Å². The van der Waals surface area contributed by atoms with Crippen molar-refractivity contribution in [2.45, 2.75) is 13.0 Å². The fraction of sp³-hybridized carbons (Fsp3) is 0.400. The number of sulfone groups is 1. The van der Waals surface area contributed by atoms with Gasteiger partial charge in [0.25, 0.3) is 0 Å². The Morgan fingerprint density at radius 1 is 1.28 bits per heavy atom. The molecule has 0 saturated carbocycles. The van der Waals surface area contributed by atoms with Gasteiger partial charge in [0.15, 0.2) is 14.9 Å². The molecule has 6 nitrogen and oxygen atoms in total. The summed E-state index contributed by atoms with van der Waals surface area (Å²) in [4.78, 5) is 0. The van der Waals surface area contributed by atoms with Crippen LogP contribution in [0.15, 0.2) is 24.3 Å². The van der Waals surface area contributed by atoms with Crippen molar-refractivity contribution in [3.05, 3.63) is 29.8 Å². The molecule has 0 amide bonds. The monoisotopic (exact) mass is 292 g/mol. The van der Waals surface area contributed by atoms with Crippen LogP contribution in [-0.2, 0) is 19.9 Å². The fourth-order valence-corrected chi connectivity index (χ4v) is 4.35. The highest BCUT2D eigenvalue weighted by atomic mass is 32.3. The average molecular weight is 292 g/mol. The standard InChI is InChI=1S/C10H16N2O4S2/c1-8(11)9-4-3-5-10(6-9)12-18(15,16)7-17(2,13)14/h3-6,8,12H,7,11H2,1-2H3. The maximum atomic E-state index is 11.6. The lowest BCUT2D eigenvalue weighted by Gasteiger charge is -2.10. The summed E-state index contributed by atoms with van der Waals surface area (Å²) in [5, 5.41) is -0.942. The van der Waals surface area contributed by atoms with Crippen molar-refractivity contribution in [1.29, 1.82) is 0 Å². The minimum Gasteiger partial charge on any atom is -0.324 e. The molecule has 0 aliphatic heterocycles. The first-order valence-corrected chi connectivity index (χ1v) is 8.84. The van der Waals surface area contributed by atoms with Crippen molar-refractivity contribution < 1.29 is 16.8 Å². The topological polar surface area (TPSA) is 106 Å². The van der Waals surface area contributed by atoms with Gasteiger partial charge in [-0.15, -0.1) is 0 Å². The highest BCUT2D eigenvalue weighted by molar-refractivity contribution is 8.08. The number of nitrogens with two attached hydrogens (primary N) is 1. The van der Waals surface area contributed by atoms with Gasteiger partial charge in [-0.1, -0.05) is 12.1 Å². The van der Waals surface area contributed by atoms with Gasteiger partial charge in [-0.2, -0.15) is 0 Å². The van der Waals surface area contributed by atoms with Crippen molar-refractivity contribution in [3.8, 4) is 0 Å². The number of nitrogens with one attached hydrogen (secondary N) is 1. The molecule has 0 bridgehead atoms. The Morgan fingerprint density at radius 3 is 2.39 bits per heavy atom. The first kappa shape index (κ1) is 14.9. The van der Waals surface area contributed by atoms with Crippen LogP contribution in [0, 0.1) is 0 Å². The molecule has 102 valence electrons. The molecule has 8 heteroatoms. The van der Waals surface area contributed by atoms with E-state index in [1.165, 1.54) is 6.07 Å². The molecule has 1 aromatic rings. The number of sulfonamides is 1. The van der Waals surface area contributed by atoms with Crippen LogP contribution >= 0.6 is 0 Å². The molecule has 1 aromatic carbocycles. The fourth-order valence-electron chi connectivity index (χ4n) is 1.38. The quantitative estimate of drug-likeness (QED) is 0.819. The molecular weight excluding hydrogens is 276 g/mol. The predicted octanol–water partition coefficient (Wildman–Crippen LogP) is 0.450. The zero-order valence-corrected chi connectivity index (χ0v) is 11.8. The Morgan fingerprint density at radius 2 is 1.89 bits per heavy atom. The molecule has 0 heterocycles. The summed E-state index contributed by atoms with van der Waals surface area (Å²) in [5.41, 5.74) is 6.73. The lowest BCUT2D eigenvalue weighted by molar-refractivity contribution is 0.595. The molecule has 1 atom stereocenters. The van der Waals surface area contributed by atoms with E-state index in [1.54, 1.807) is 25.1 Å².